The molecule has 0 radical (unpaired) electrons. The Morgan fingerprint density at radius 1 is 0.978 bits per heavy atom. The molecular formula is C36H50N4O4S. The van der Waals surface area contributed by atoms with Gasteiger partial charge < -0.3 is 24.0 Å². The van der Waals surface area contributed by atoms with Gasteiger partial charge in [0.2, 0.25) is 12.7 Å². The molecule has 0 bridgehead atoms. The van der Waals surface area contributed by atoms with E-state index in [1.807, 2.05) is 36.0 Å². The largest absolute Gasteiger partial charge is 0.494 e. The molecule has 8 nitrogen and oxygen atoms in total. The lowest BCUT2D eigenvalue weighted by molar-refractivity contribution is 0.0289. The van der Waals surface area contributed by atoms with Gasteiger partial charge in [-0.05, 0) is 73.5 Å². The maximum Gasteiger partial charge on any atom is 0.412 e. The van der Waals surface area contributed by atoms with E-state index in [1.165, 1.54) is 17.0 Å². The summed E-state index contributed by atoms with van der Waals surface area (Å²) >= 11 is 2.02. The number of piperazine rings is 1. The van der Waals surface area contributed by atoms with Crippen LogP contribution in [0.15, 0.2) is 53.4 Å². The monoisotopic (exact) mass is 634 g/mol. The summed E-state index contributed by atoms with van der Waals surface area (Å²) in [6, 6.07) is 16.5. The second kappa shape index (κ2) is 15.9. The van der Waals surface area contributed by atoms with Crippen LogP contribution in [0.25, 0.3) is 10.9 Å². The second-order valence-electron chi connectivity index (χ2n) is 13.1. The van der Waals surface area contributed by atoms with Crippen molar-refractivity contribution in [3.05, 3.63) is 54.1 Å². The van der Waals surface area contributed by atoms with Crippen LogP contribution < -0.4 is 14.4 Å². The number of pyridine rings is 1. The summed E-state index contributed by atoms with van der Waals surface area (Å²) < 4.78 is 17.2. The predicted octanol–water partition coefficient (Wildman–Crippen LogP) is 7.34. The standard InChI is InChI=1S/C36H50N4O4S/c1-26(2)23-40(24-27(3)4)36(41)44-25-43-35-14-12-29-11-13-30(22-32(29)37-35)42-20-7-6-15-38-16-18-39(19-17-38)33-9-8-10-34-31(33)21-28(5)45-34/h8-14,22,26-28H,6-7,15-21,23-25H2,1-5H3. The molecule has 1 amide bonds. The maximum absolute atomic E-state index is 12.6. The molecule has 1 unspecified atom stereocenters. The molecule has 1 aromatic heterocycles. The quantitative estimate of drug-likeness (QED) is 0.135. The lowest BCUT2D eigenvalue weighted by Gasteiger charge is -2.37. The molecule has 0 saturated carbocycles. The Labute approximate surface area is 273 Å². The van der Waals surface area contributed by atoms with Crippen molar-refractivity contribution in [2.45, 2.75) is 64.0 Å². The third-order valence-electron chi connectivity index (χ3n) is 8.23. The van der Waals surface area contributed by atoms with Gasteiger partial charge in [-0.15, -0.1) is 11.8 Å². The number of ether oxygens (including phenoxy) is 3. The summed E-state index contributed by atoms with van der Waals surface area (Å²) in [6.07, 6.45) is 2.95. The molecule has 9 heteroatoms. The number of unbranched alkanes of at least 4 members (excludes halogenated alkanes) is 1. The first-order valence-electron chi connectivity index (χ1n) is 16.6. The molecular weight excluding hydrogens is 584 g/mol. The van der Waals surface area contributed by atoms with Crippen molar-refractivity contribution in [2.75, 3.05) is 64.1 Å². The predicted molar refractivity (Wildman–Crippen MR) is 184 cm³/mol. The number of nitrogens with zero attached hydrogens (tertiary/aromatic N) is 4. The van der Waals surface area contributed by atoms with Crippen molar-refractivity contribution in [1.29, 1.82) is 0 Å². The van der Waals surface area contributed by atoms with E-state index in [9.17, 15) is 4.79 Å². The molecule has 2 aliphatic rings. The van der Waals surface area contributed by atoms with E-state index in [4.69, 9.17) is 14.2 Å². The Balaban J connectivity index is 1.02. The Kier molecular flexibility index (Phi) is 11.7. The van der Waals surface area contributed by atoms with Crippen LogP contribution in [0.5, 0.6) is 11.6 Å². The molecule has 0 spiro atoms. The van der Waals surface area contributed by atoms with Crippen LogP contribution in [0, 0.1) is 11.8 Å². The van der Waals surface area contributed by atoms with Gasteiger partial charge in [-0.3, -0.25) is 4.90 Å². The van der Waals surface area contributed by atoms with Crippen molar-refractivity contribution < 1.29 is 19.0 Å². The number of rotatable bonds is 14. The van der Waals surface area contributed by atoms with Gasteiger partial charge in [-0.2, -0.15) is 0 Å². The van der Waals surface area contributed by atoms with E-state index in [-0.39, 0.29) is 12.9 Å². The summed E-state index contributed by atoms with van der Waals surface area (Å²) in [5.41, 5.74) is 3.79. The SMILES string of the molecule is CC(C)CN(CC(C)C)C(=O)OCOc1ccc2ccc(OCCCCN3CCN(c4cccc5c4CC(C)S5)CC3)cc2n1. The lowest BCUT2D eigenvalue weighted by Crippen LogP contribution is -2.47. The van der Waals surface area contributed by atoms with Gasteiger partial charge in [0.25, 0.3) is 0 Å². The van der Waals surface area contributed by atoms with Crippen LogP contribution >= 0.6 is 11.8 Å². The van der Waals surface area contributed by atoms with Gasteiger partial charge >= 0.3 is 6.09 Å². The molecule has 3 heterocycles. The summed E-state index contributed by atoms with van der Waals surface area (Å²) in [6.45, 7) is 18.0. The molecule has 1 fully saturated rings. The van der Waals surface area contributed by atoms with Crippen LogP contribution in [0.2, 0.25) is 0 Å². The van der Waals surface area contributed by atoms with Crippen molar-refractivity contribution in [2.24, 2.45) is 11.8 Å². The zero-order chi connectivity index (χ0) is 31.8. The van der Waals surface area contributed by atoms with Gasteiger partial charge in [-0.25, -0.2) is 9.78 Å². The smallest absolute Gasteiger partial charge is 0.412 e. The lowest BCUT2D eigenvalue weighted by atomic mass is 10.1. The first-order valence-corrected chi connectivity index (χ1v) is 17.5. The van der Waals surface area contributed by atoms with E-state index >= 15 is 0 Å². The number of carbonyl (C=O) groups excluding carboxylic acids is 1. The Morgan fingerprint density at radius 3 is 2.49 bits per heavy atom. The molecule has 1 atom stereocenters. The average molecular weight is 635 g/mol. The highest BCUT2D eigenvalue weighted by Gasteiger charge is 2.25. The average Bonchev–Trinajstić information content (AvgIpc) is 3.40. The number of amides is 1. The first-order chi connectivity index (χ1) is 21.7. The Morgan fingerprint density at radius 2 is 1.73 bits per heavy atom. The third-order valence-corrected chi connectivity index (χ3v) is 9.44. The van der Waals surface area contributed by atoms with Crippen LogP contribution in [-0.2, 0) is 11.2 Å². The molecule has 2 aliphatic heterocycles. The third kappa shape index (κ3) is 9.42. The summed E-state index contributed by atoms with van der Waals surface area (Å²) in [5.74, 6) is 1.94. The van der Waals surface area contributed by atoms with Crippen LogP contribution in [0.1, 0.15) is 53.0 Å². The molecule has 0 N–H and O–H groups in total. The molecule has 2 aromatic carbocycles. The normalized spacial score (nSPS) is 16.8. The van der Waals surface area contributed by atoms with E-state index < -0.39 is 0 Å². The highest BCUT2D eigenvalue weighted by Crippen LogP contribution is 2.41. The Bertz CT molecular complexity index is 1400. The number of hydrogen-bond acceptors (Lipinski definition) is 8. The van der Waals surface area contributed by atoms with Gasteiger partial charge in [0.1, 0.15) is 5.75 Å². The second-order valence-corrected chi connectivity index (χ2v) is 14.6. The van der Waals surface area contributed by atoms with Crippen molar-refractivity contribution in [3.8, 4) is 11.6 Å². The summed E-state index contributed by atoms with van der Waals surface area (Å²) in [7, 11) is 0. The number of hydrogen-bond donors (Lipinski definition) is 0. The van der Waals surface area contributed by atoms with E-state index in [0.29, 0.717) is 42.7 Å². The van der Waals surface area contributed by atoms with Crippen molar-refractivity contribution >= 4 is 34.4 Å². The van der Waals surface area contributed by atoms with Gasteiger partial charge in [0, 0.05) is 72.6 Å². The van der Waals surface area contributed by atoms with Gasteiger partial charge in [0.05, 0.1) is 12.1 Å². The highest BCUT2D eigenvalue weighted by molar-refractivity contribution is 8.00. The molecule has 3 aromatic rings. The number of thioether (sulfide) groups is 1. The zero-order valence-corrected chi connectivity index (χ0v) is 28.5. The van der Waals surface area contributed by atoms with Crippen molar-refractivity contribution in [1.82, 2.24) is 14.8 Å². The van der Waals surface area contributed by atoms with E-state index in [1.54, 1.807) is 16.5 Å². The fraction of sp³-hybridized carbons (Fsp3) is 0.556. The number of benzene rings is 2. The number of fused-ring (bicyclic) bond motifs is 2. The van der Waals surface area contributed by atoms with Crippen LogP contribution in [0.3, 0.4) is 0 Å². The molecule has 244 valence electrons. The number of carbonyl (C=O) groups is 1. The number of anilines is 1. The van der Waals surface area contributed by atoms with Gasteiger partial charge in [-0.1, -0.05) is 40.7 Å². The Hall–Kier alpha value is -3.17. The number of aromatic nitrogens is 1. The molecule has 0 aliphatic carbocycles. The zero-order valence-electron chi connectivity index (χ0n) is 27.7. The van der Waals surface area contributed by atoms with E-state index in [0.717, 1.165) is 62.2 Å². The van der Waals surface area contributed by atoms with Crippen LogP contribution in [0.4, 0.5) is 10.5 Å². The highest BCUT2D eigenvalue weighted by atomic mass is 32.2. The van der Waals surface area contributed by atoms with Crippen molar-refractivity contribution in [3.63, 3.8) is 0 Å². The summed E-state index contributed by atoms with van der Waals surface area (Å²) in [5, 5.41) is 1.69. The molecule has 45 heavy (non-hydrogen) atoms. The van der Waals surface area contributed by atoms with Crippen LogP contribution in [-0.4, -0.2) is 85.3 Å². The molecule has 5 rings (SSSR count). The van der Waals surface area contributed by atoms with Gasteiger partial charge in [0.15, 0.2) is 0 Å². The minimum atomic E-state index is -0.361. The fourth-order valence-corrected chi connectivity index (χ4v) is 7.31. The van der Waals surface area contributed by atoms with E-state index in [2.05, 4.69) is 67.6 Å². The minimum Gasteiger partial charge on any atom is -0.494 e. The maximum atomic E-state index is 12.6. The topological polar surface area (TPSA) is 67.4 Å². The molecule has 1 saturated heterocycles. The minimum absolute atomic E-state index is 0.179. The first kappa shape index (κ1) is 33.2. The summed E-state index contributed by atoms with van der Waals surface area (Å²) in [4.78, 5) is 25.6. The fourth-order valence-electron chi connectivity index (χ4n) is 6.14.